The molecule has 0 heterocycles. The summed E-state index contributed by atoms with van der Waals surface area (Å²) in [6.07, 6.45) is 2.74. The van der Waals surface area contributed by atoms with Crippen molar-refractivity contribution in [2.75, 3.05) is 0 Å². The van der Waals surface area contributed by atoms with Crippen molar-refractivity contribution in [2.45, 2.75) is 12.8 Å². The van der Waals surface area contributed by atoms with Crippen LogP contribution in [0.3, 0.4) is 0 Å². The number of carbonyl (C=O) groups excluding carboxylic acids is 1. The minimum atomic E-state index is 0.829. The van der Waals surface area contributed by atoms with Gasteiger partial charge in [-0.2, -0.15) is 0 Å². The maximum absolute atomic E-state index is 11.0. The van der Waals surface area contributed by atoms with Gasteiger partial charge in [0, 0.05) is 15.6 Å². The van der Waals surface area contributed by atoms with Crippen LogP contribution in [0.4, 0.5) is 0 Å². The zero-order chi connectivity index (χ0) is 11.8. The van der Waals surface area contributed by atoms with Crippen molar-refractivity contribution in [3.8, 4) is 0 Å². The van der Waals surface area contributed by atoms with E-state index in [1.54, 1.807) is 0 Å². The second kappa shape index (κ2) is 4.11. The van der Waals surface area contributed by atoms with Gasteiger partial charge in [0.15, 0.2) is 0 Å². The SMILES string of the molecule is O=CC1=C(Br)c2c(ccc3ccccc23)CC1. The quantitative estimate of drug-likeness (QED) is 0.722. The van der Waals surface area contributed by atoms with Crippen molar-refractivity contribution in [2.24, 2.45) is 0 Å². The van der Waals surface area contributed by atoms with Crippen LogP contribution >= 0.6 is 15.9 Å². The molecule has 2 aromatic carbocycles. The van der Waals surface area contributed by atoms with Gasteiger partial charge in [0.2, 0.25) is 0 Å². The number of allylic oxidation sites excluding steroid dienone is 1. The first kappa shape index (κ1) is 10.7. The lowest BCUT2D eigenvalue weighted by atomic mass is 9.89. The highest BCUT2D eigenvalue weighted by molar-refractivity contribution is 9.15. The summed E-state index contributed by atoms with van der Waals surface area (Å²) in [6.45, 7) is 0. The fourth-order valence-electron chi connectivity index (χ4n) is 2.43. The van der Waals surface area contributed by atoms with E-state index in [9.17, 15) is 4.79 Å². The lowest BCUT2D eigenvalue weighted by Gasteiger charge is -2.19. The summed E-state index contributed by atoms with van der Waals surface area (Å²) in [5, 5.41) is 2.44. The first-order valence-corrected chi connectivity index (χ1v) is 6.45. The lowest BCUT2D eigenvalue weighted by molar-refractivity contribution is -0.105. The van der Waals surface area contributed by atoms with E-state index in [4.69, 9.17) is 0 Å². The monoisotopic (exact) mass is 286 g/mol. The fourth-order valence-corrected chi connectivity index (χ4v) is 3.19. The molecule has 1 nitrogen and oxygen atoms in total. The molecule has 0 aliphatic heterocycles. The number of rotatable bonds is 1. The van der Waals surface area contributed by atoms with Crippen LogP contribution in [0.5, 0.6) is 0 Å². The third kappa shape index (κ3) is 1.64. The molecule has 1 aliphatic rings. The first-order valence-electron chi connectivity index (χ1n) is 5.66. The normalized spacial score (nSPS) is 14.9. The Balaban J connectivity index is 2.40. The summed E-state index contributed by atoms with van der Waals surface area (Å²) in [5.41, 5.74) is 3.38. The predicted octanol–water partition coefficient (Wildman–Crippen LogP) is 4.09. The van der Waals surface area contributed by atoms with Gasteiger partial charge in [-0.15, -0.1) is 0 Å². The van der Waals surface area contributed by atoms with E-state index < -0.39 is 0 Å². The Morgan fingerprint density at radius 2 is 1.88 bits per heavy atom. The van der Waals surface area contributed by atoms with Gasteiger partial charge in [0.05, 0.1) is 0 Å². The average molecular weight is 287 g/mol. The fraction of sp³-hybridized carbons (Fsp3) is 0.133. The van der Waals surface area contributed by atoms with Crippen molar-refractivity contribution >= 4 is 37.5 Å². The van der Waals surface area contributed by atoms with Crippen molar-refractivity contribution in [1.29, 1.82) is 0 Å². The number of hydrogen-bond acceptors (Lipinski definition) is 1. The predicted molar refractivity (Wildman–Crippen MR) is 74.2 cm³/mol. The molecule has 0 amide bonds. The van der Waals surface area contributed by atoms with Crippen LogP contribution in [-0.2, 0) is 11.2 Å². The van der Waals surface area contributed by atoms with E-state index >= 15 is 0 Å². The molecule has 0 atom stereocenters. The zero-order valence-electron chi connectivity index (χ0n) is 9.24. The van der Waals surface area contributed by atoms with Crippen molar-refractivity contribution < 1.29 is 4.79 Å². The Bertz CT molecular complexity index is 640. The number of benzene rings is 2. The van der Waals surface area contributed by atoms with Gasteiger partial charge < -0.3 is 0 Å². The highest BCUT2D eigenvalue weighted by Crippen LogP contribution is 2.38. The molecule has 0 spiro atoms. The molecule has 0 radical (unpaired) electrons. The molecule has 0 fully saturated rings. The highest BCUT2D eigenvalue weighted by atomic mass is 79.9. The molecular weight excluding hydrogens is 276 g/mol. The molecule has 3 rings (SSSR count). The number of carbonyl (C=O) groups is 1. The first-order chi connectivity index (χ1) is 8.31. The van der Waals surface area contributed by atoms with Gasteiger partial charge in [-0.25, -0.2) is 0 Å². The van der Waals surface area contributed by atoms with Crippen LogP contribution < -0.4 is 0 Å². The largest absolute Gasteiger partial charge is 0.298 e. The van der Waals surface area contributed by atoms with Crippen LogP contribution in [0.15, 0.2) is 42.0 Å². The summed E-state index contributed by atoms with van der Waals surface area (Å²) in [4.78, 5) is 11.0. The molecule has 1 aliphatic carbocycles. The van der Waals surface area contributed by atoms with E-state index in [0.717, 1.165) is 29.2 Å². The van der Waals surface area contributed by atoms with Gasteiger partial charge in [-0.1, -0.05) is 36.4 Å². The molecule has 0 aromatic heterocycles. The minimum Gasteiger partial charge on any atom is -0.298 e. The summed E-state index contributed by atoms with van der Waals surface area (Å²) >= 11 is 3.58. The Labute approximate surface area is 108 Å². The number of aryl methyl sites for hydroxylation is 1. The van der Waals surface area contributed by atoms with E-state index in [-0.39, 0.29) is 0 Å². The topological polar surface area (TPSA) is 17.1 Å². The second-order valence-corrected chi connectivity index (χ2v) is 5.07. The average Bonchev–Trinajstić information content (AvgIpc) is 2.38. The Kier molecular flexibility index (Phi) is 2.60. The highest BCUT2D eigenvalue weighted by Gasteiger charge is 2.18. The molecule has 0 N–H and O–H groups in total. The summed E-state index contributed by atoms with van der Waals surface area (Å²) < 4.78 is 0.963. The van der Waals surface area contributed by atoms with Crippen molar-refractivity contribution in [3.63, 3.8) is 0 Å². The molecule has 0 unspecified atom stereocenters. The standard InChI is InChI=1S/C15H11BrO/c16-15-12(9-17)8-7-11-6-5-10-3-1-2-4-13(10)14(11)15/h1-6,9H,7-8H2. The van der Waals surface area contributed by atoms with E-state index in [1.807, 2.05) is 12.1 Å². The summed E-state index contributed by atoms with van der Waals surface area (Å²) in [5.74, 6) is 0. The number of aldehydes is 1. The van der Waals surface area contributed by atoms with Crippen molar-refractivity contribution in [1.82, 2.24) is 0 Å². The third-order valence-corrected chi connectivity index (χ3v) is 4.23. The second-order valence-electron chi connectivity index (χ2n) is 4.28. The molecule has 0 bridgehead atoms. The summed E-state index contributed by atoms with van der Waals surface area (Å²) in [6, 6.07) is 12.6. The van der Waals surface area contributed by atoms with Crippen LogP contribution in [0.25, 0.3) is 15.3 Å². The Morgan fingerprint density at radius 3 is 2.71 bits per heavy atom. The smallest absolute Gasteiger partial charge is 0.147 e. The van der Waals surface area contributed by atoms with Crippen LogP contribution in [-0.4, -0.2) is 6.29 Å². The number of halogens is 1. The molecule has 84 valence electrons. The van der Waals surface area contributed by atoms with E-state index in [0.29, 0.717) is 0 Å². The maximum atomic E-state index is 11.0. The van der Waals surface area contributed by atoms with Gasteiger partial charge in [0.25, 0.3) is 0 Å². The van der Waals surface area contributed by atoms with E-state index in [1.165, 1.54) is 21.9 Å². The molecular formula is C15H11BrO. The van der Waals surface area contributed by atoms with Crippen LogP contribution in [0, 0.1) is 0 Å². The van der Waals surface area contributed by atoms with Gasteiger partial charge in [-0.3, -0.25) is 4.79 Å². The van der Waals surface area contributed by atoms with Gasteiger partial charge >= 0.3 is 0 Å². The summed E-state index contributed by atoms with van der Waals surface area (Å²) in [7, 11) is 0. The molecule has 2 heteroatoms. The van der Waals surface area contributed by atoms with E-state index in [2.05, 4.69) is 40.2 Å². The Morgan fingerprint density at radius 1 is 1.06 bits per heavy atom. The third-order valence-electron chi connectivity index (χ3n) is 3.32. The molecule has 0 saturated heterocycles. The molecule has 0 saturated carbocycles. The van der Waals surface area contributed by atoms with Crippen molar-refractivity contribution in [3.05, 3.63) is 53.1 Å². The minimum absolute atomic E-state index is 0.829. The lowest BCUT2D eigenvalue weighted by Crippen LogP contribution is -2.03. The molecule has 17 heavy (non-hydrogen) atoms. The number of fused-ring (bicyclic) bond motifs is 3. The van der Waals surface area contributed by atoms with Crippen LogP contribution in [0.1, 0.15) is 17.5 Å². The van der Waals surface area contributed by atoms with Gasteiger partial charge in [-0.05, 0) is 45.1 Å². The maximum Gasteiger partial charge on any atom is 0.147 e. The Hall–Kier alpha value is -1.41. The van der Waals surface area contributed by atoms with Crippen LogP contribution in [0.2, 0.25) is 0 Å². The van der Waals surface area contributed by atoms with Gasteiger partial charge in [0.1, 0.15) is 6.29 Å². The zero-order valence-corrected chi connectivity index (χ0v) is 10.8. The number of hydrogen-bond donors (Lipinski definition) is 0. The molecule has 2 aromatic rings.